The number of hydrogen-bond acceptors (Lipinski definition) is 4. The van der Waals surface area contributed by atoms with Crippen molar-refractivity contribution in [3.05, 3.63) is 48.0 Å². The molecule has 0 saturated carbocycles. The maximum absolute atomic E-state index is 13.7. The highest BCUT2D eigenvalue weighted by molar-refractivity contribution is 5.97. The molecule has 0 unspecified atom stereocenters. The number of carbonyl (C=O) groups is 1. The average molecular weight is 261 g/mol. The highest BCUT2D eigenvalue weighted by Gasteiger charge is 2.18. The molecule has 0 amide bonds. The Morgan fingerprint density at radius 3 is 2.42 bits per heavy atom. The summed E-state index contributed by atoms with van der Waals surface area (Å²) >= 11 is 0. The number of rotatable bonds is 3. The Bertz CT molecular complexity index is 596. The van der Waals surface area contributed by atoms with Crippen molar-refractivity contribution in [1.82, 2.24) is 4.98 Å². The van der Waals surface area contributed by atoms with Gasteiger partial charge in [-0.1, -0.05) is 12.1 Å². The van der Waals surface area contributed by atoms with Gasteiger partial charge in [0.1, 0.15) is 11.3 Å². The van der Waals surface area contributed by atoms with E-state index in [4.69, 9.17) is 4.74 Å². The molecule has 0 aliphatic heterocycles. The third-order valence-electron chi connectivity index (χ3n) is 2.69. The number of pyridine rings is 1. The van der Waals surface area contributed by atoms with Crippen LogP contribution in [0.4, 0.5) is 4.39 Å². The lowest BCUT2D eigenvalue weighted by molar-refractivity contribution is 0.0596. The molecule has 1 aromatic carbocycles. The van der Waals surface area contributed by atoms with E-state index in [-0.39, 0.29) is 5.56 Å². The Hall–Kier alpha value is -2.43. The largest absolute Gasteiger partial charge is 0.497 e. The SMILES string of the molecule is COC(=O)c1c(F)cncc1-c1ccc(OC)cc1. The molecular formula is C14H12FNO3. The molecule has 0 saturated heterocycles. The van der Waals surface area contributed by atoms with E-state index in [0.717, 1.165) is 6.20 Å². The topological polar surface area (TPSA) is 48.4 Å². The number of halogens is 1. The van der Waals surface area contributed by atoms with Crippen LogP contribution < -0.4 is 4.74 Å². The zero-order valence-electron chi connectivity index (χ0n) is 10.5. The zero-order chi connectivity index (χ0) is 13.8. The summed E-state index contributed by atoms with van der Waals surface area (Å²) in [5, 5.41) is 0. The van der Waals surface area contributed by atoms with E-state index >= 15 is 0 Å². The van der Waals surface area contributed by atoms with Gasteiger partial charge in [0.2, 0.25) is 0 Å². The van der Waals surface area contributed by atoms with Crippen LogP contribution >= 0.6 is 0 Å². The third-order valence-corrected chi connectivity index (χ3v) is 2.69. The highest BCUT2D eigenvalue weighted by atomic mass is 19.1. The minimum Gasteiger partial charge on any atom is -0.497 e. The van der Waals surface area contributed by atoms with Crippen LogP contribution in [0.2, 0.25) is 0 Å². The van der Waals surface area contributed by atoms with Gasteiger partial charge in [0.25, 0.3) is 0 Å². The molecule has 0 fully saturated rings. The fraction of sp³-hybridized carbons (Fsp3) is 0.143. The number of aromatic nitrogens is 1. The molecule has 0 bridgehead atoms. The Labute approximate surface area is 109 Å². The van der Waals surface area contributed by atoms with Gasteiger partial charge in [-0.2, -0.15) is 0 Å². The Balaban J connectivity index is 2.54. The van der Waals surface area contributed by atoms with Gasteiger partial charge < -0.3 is 9.47 Å². The first-order chi connectivity index (χ1) is 9.17. The number of methoxy groups -OCH3 is 2. The number of hydrogen-bond donors (Lipinski definition) is 0. The van der Waals surface area contributed by atoms with Gasteiger partial charge in [0, 0.05) is 11.8 Å². The molecule has 0 N–H and O–H groups in total. The molecule has 4 nitrogen and oxygen atoms in total. The predicted molar refractivity (Wildman–Crippen MR) is 67.5 cm³/mol. The number of esters is 1. The minimum atomic E-state index is -0.731. The van der Waals surface area contributed by atoms with Gasteiger partial charge in [0.15, 0.2) is 5.82 Å². The summed E-state index contributed by atoms with van der Waals surface area (Å²) in [6.45, 7) is 0. The lowest BCUT2D eigenvalue weighted by Crippen LogP contribution is -2.07. The maximum Gasteiger partial charge on any atom is 0.341 e. The average Bonchev–Trinajstić information content (AvgIpc) is 2.46. The molecule has 1 aromatic heterocycles. The van der Waals surface area contributed by atoms with Crippen LogP contribution in [0, 0.1) is 5.82 Å². The van der Waals surface area contributed by atoms with Gasteiger partial charge >= 0.3 is 5.97 Å². The predicted octanol–water partition coefficient (Wildman–Crippen LogP) is 2.68. The van der Waals surface area contributed by atoms with Crippen molar-refractivity contribution in [2.24, 2.45) is 0 Å². The Morgan fingerprint density at radius 1 is 1.16 bits per heavy atom. The van der Waals surface area contributed by atoms with Crippen molar-refractivity contribution in [3.8, 4) is 16.9 Å². The van der Waals surface area contributed by atoms with Crippen molar-refractivity contribution >= 4 is 5.97 Å². The van der Waals surface area contributed by atoms with Crippen molar-refractivity contribution in [2.45, 2.75) is 0 Å². The summed E-state index contributed by atoms with van der Waals surface area (Å²) in [4.78, 5) is 15.4. The third kappa shape index (κ3) is 2.54. The second-order valence-corrected chi connectivity index (χ2v) is 3.76. The number of benzene rings is 1. The van der Waals surface area contributed by atoms with Crippen LogP contribution in [-0.4, -0.2) is 25.2 Å². The van der Waals surface area contributed by atoms with Crippen molar-refractivity contribution in [3.63, 3.8) is 0 Å². The van der Waals surface area contributed by atoms with E-state index in [9.17, 15) is 9.18 Å². The van der Waals surface area contributed by atoms with Crippen LogP contribution in [-0.2, 0) is 4.74 Å². The molecule has 1 heterocycles. The summed E-state index contributed by atoms with van der Waals surface area (Å²) < 4.78 is 23.4. The van der Waals surface area contributed by atoms with Crippen LogP contribution in [0.25, 0.3) is 11.1 Å². The second-order valence-electron chi connectivity index (χ2n) is 3.76. The molecule has 19 heavy (non-hydrogen) atoms. The lowest BCUT2D eigenvalue weighted by atomic mass is 10.0. The highest BCUT2D eigenvalue weighted by Crippen LogP contribution is 2.27. The van der Waals surface area contributed by atoms with E-state index in [1.54, 1.807) is 31.4 Å². The summed E-state index contributed by atoms with van der Waals surface area (Å²) in [5.41, 5.74) is 0.922. The summed E-state index contributed by atoms with van der Waals surface area (Å²) in [6, 6.07) is 6.89. The first-order valence-corrected chi connectivity index (χ1v) is 5.53. The minimum absolute atomic E-state index is 0.123. The summed E-state index contributed by atoms with van der Waals surface area (Å²) in [5.74, 6) is -0.765. The summed E-state index contributed by atoms with van der Waals surface area (Å²) in [6.07, 6.45) is 2.41. The smallest absolute Gasteiger partial charge is 0.341 e. The van der Waals surface area contributed by atoms with E-state index < -0.39 is 11.8 Å². The van der Waals surface area contributed by atoms with Crippen LogP contribution in [0.15, 0.2) is 36.7 Å². The Kier molecular flexibility index (Phi) is 3.75. The molecule has 2 rings (SSSR count). The monoisotopic (exact) mass is 261 g/mol. The maximum atomic E-state index is 13.7. The zero-order valence-corrected chi connectivity index (χ0v) is 10.5. The molecule has 0 atom stereocenters. The van der Waals surface area contributed by atoms with E-state index in [2.05, 4.69) is 9.72 Å². The summed E-state index contributed by atoms with van der Waals surface area (Å²) in [7, 11) is 2.76. The molecular weight excluding hydrogens is 249 g/mol. The molecule has 0 aliphatic carbocycles. The van der Waals surface area contributed by atoms with E-state index in [1.807, 2.05) is 0 Å². The van der Waals surface area contributed by atoms with Gasteiger partial charge in [-0.25, -0.2) is 9.18 Å². The van der Waals surface area contributed by atoms with E-state index in [0.29, 0.717) is 16.9 Å². The van der Waals surface area contributed by atoms with Crippen LogP contribution in [0.5, 0.6) is 5.75 Å². The second kappa shape index (κ2) is 5.48. The molecule has 0 aliphatic rings. The van der Waals surface area contributed by atoms with Gasteiger partial charge in [-0.15, -0.1) is 0 Å². The fourth-order valence-electron chi connectivity index (χ4n) is 1.73. The normalized spacial score (nSPS) is 10.1. The molecule has 2 aromatic rings. The molecule has 0 radical (unpaired) electrons. The molecule has 0 spiro atoms. The van der Waals surface area contributed by atoms with Crippen LogP contribution in [0.1, 0.15) is 10.4 Å². The number of carbonyl (C=O) groups excluding carboxylic acids is 1. The molecule has 5 heteroatoms. The quantitative estimate of drug-likeness (QED) is 0.797. The Morgan fingerprint density at radius 2 is 1.84 bits per heavy atom. The number of nitrogens with zero attached hydrogens (tertiary/aromatic N) is 1. The van der Waals surface area contributed by atoms with Crippen molar-refractivity contribution < 1.29 is 18.7 Å². The van der Waals surface area contributed by atoms with E-state index in [1.165, 1.54) is 13.3 Å². The van der Waals surface area contributed by atoms with Crippen molar-refractivity contribution in [1.29, 1.82) is 0 Å². The fourth-order valence-corrected chi connectivity index (χ4v) is 1.73. The van der Waals surface area contributed by atoms with Gasteiger partial charge in [-0.05, 0) is 17.7 Å². The van der Waals surface area contributed by atoms with Crippen molar-refractivity contribution in [2.75, 3.05) is 14.2 Å². The molecule has 98 valence electrons. The first-order valence-electron chi connectivity index (χ1n) is 5.53. The van der Waals surface area contributed by atoms with Gasteiger partial charge in [-0.3, -0.25) is 4.98 Å². The first kappa shape index (κ1) is 13.0. The standard InChI is InChI=1S/C14H12FNO3/c1-18-10-5-3-9(4-6-10)11-7-16-8-12(15)13(11)14(17)19-2/h3-8H,1-2H3. The van der Waals surface area contributed by atoms with Crippen LogP contribution in [0.3, 0.4) is 0 Å². The lowest BCUT2D eigenvalue weighted by Gasteiger charge is -2.09. The number of ether oxygens (including phenoxy) is 2. The van der Waals surface area contributed by atoms with Gasteiger partial charge in [0.05, 0.1) is 20.4 Å².